The maximum Gasteiger partial charge on any atom is 0.227 e. The standard InChI is InChI=1S/C23H20Cl3N3O/c24-18-3-1-17(2-4-18)22-15-28(23(30)13-16-7-9-27-10-8-16)11-12-29(22)21-6-5-19(25)14-20(21)26/h1-10,14,22H,11-13,15H2/t22-/m0/s1. The van der Waals surface area contributed by atoms with Gasteiger partial charge in [0.05, 0.1) is 23.2 Å². The molecule has 0 aliphatic carbocycles. The lowest BCUT2D eigenvalue weighted by Crippen LogP contribution is -2.51. The van der Waals surface area contributed by atoms with Crippen LogP contribution in [-0.4, -0.2) is 35.4 Å². The summed E-state index contributed by atoms with van der Waals surface area (Å²) in [7, 11) is 0. The molecule has 1 aromatic heterocycles. The fraction of sp³-hybridized carbons (Fsp3) is 0.217. The molecule has 0 N–H and O–H groups in total. The number of carbonyl (C=O) groups is 1. The number of benzene rings is 2. The van der Waals surface area contributed by atoms with Crippen LogP contribution in [0, 0.1) is 0 Å². The summed E-state index contributed by atoms with van der Waals surface area (Å²) in [6.07, 6.45) is 3.77. The van der Waals surface area contributed by atoms with Crippen molar-refractivity contribution in [3.8, 4) is 0 Å². The molecule has 1 fully saturated rings. The maximum absolute atomic E-state index is 13.0. The van der Waals surface area contributed by atoms with Gasteiger partial charge in [0.25, 0.3) is 0 Å². The van der Waals surface area contributed by atoms with Crippen LogP contribution in [0.25, 0.3) is 0 Å². The Morgan fingerprint density at radius 3 is 2.33 bits per heavy atom. The van der Waals surface area contributed by atoms with Crippen LogP contribution in [0.2, 0.25) is 15.1 Å². The molecule has 154 valence electrons. The monoisotopic (exact) mass is 459 g/mol. The zero-order valence-corrected chi connectivity index (χ0v) is 18.4. The Kier molecular flexibility index (Phi) is 6.47. The van der Waals surface area contributed by atoms with Gasteiger partial charge in [-0.1, -0.05) is 46.9 Å². The number of amides is 1. The second kappa shape index (κ2) is 9.25. The van der Waals surface area contributed by atoms with Crippen LogP contribution in [-0.2, 0) is 11.2 Å². The number of pyridine rings is 1. The Bertz CT molecular complexity index is 1030. The SMILES string of the molecule is O=C(Cc1ccncc1)N1CCN(c2ccc(Cl)cc2Cl)[C@H](c2ccc(Cl)cc2)C1. The second-order valence-electron chi connectivity index (χ2n) is 7.23. The number of nitrogens with zero attached hydrogens (tertiary/aromatic N) is 3. The van der Waals surface area contributed by atoms with Crippen molar-refractivity contribution in [3.05, 3.63) is 93.2 Å². The van der Waals surface area contributed by atoms with Crippen LogP contribution in [0.15, 0.2) is 67.0 Å². The number of anilines is 1. The molecule has 1 atom stereocenters. The van der Waals surface area contributed by atoms with Gasteiger partial charge in [-0.3, -0.25) is 9.78 Å². The number of aromatic nitrogens is 1. The maximum atomic E-state index is 13.0. The summed E-state index contributed by atoms with van der Waals surface area (Å²) in [6, 6.07) is 17.0. The van der Waals surface area contributed by atoms with Crippen molar-refractivity contribution >= 4 is 46.4 Å². The van der Waals surface area contributed by atoms with Crippen molar-refractivity contribution in [2.24, 2.45) is 0 Å². The summed E-state index contributed by atoms with van der Waals surface area (Å²) in [5, 5.41) is 1.87. The average Bonchev–Trinajstić information content (AvgIpc) is 2.75. The number of piperazine rings is 1. The quantitative estimate of drug-likeness (QED) is 0.503. The van der Waals surface area contributed by atoms with Crippen molar-refractivity contribution in [1.29, 1.82) is 0 Å². The van der Waals surface area contributed by atoms with E-state index in [2.05, 4.69) is 9.88 Å². The van der Waals surface area contributed by atoms with Crippen molar-refractivity contribution in [3.63, 3.8) is 0 Å². The summed E-state index contributed by atoms with van der Waals surface area (Å²) in [4.78, 5) is 21.1. The molecule has 3 aromatic rings. The molecule has 4 nitrogen and oxygen atoms in total. The van der Waals surface area contributed by atoms with E-state index >= 15 is 0 Å². The highest BCUT2D eigenvalue weighted by Gasteiger charge is 2.31. The van der Waals surface area contributed by atoms with Gasteiger partial charge >= 0.3 is 0 Å². The van der Waals surface area contributed by atoms with Gasteiger partial charge in [-0.05, 0) is 53.6 Å². The molecule has 1 aliphatic heterocycles. The minimum Gasteiger partial charge on any atom is -0.360 e. The summed E-state index contributed by atoms with van der Waals surface area (Å²) in [5.41, 5.74) is 2.94. The molecule has 0 unspecified atom stereocenters. The van der Waals surface area contributed by atoms with Gasteiger partial charge in [0.2, 0.25) is 5.91 Å². The highest BCUT2D eigenvalue weighted by molar-refractivity contribution is 6.36. The minimum absolute atomic E-state index is 0.0453. The predicted molar refractivity (Wildman–Crippen MR) is 123 cm³/mol. The molecule has 2 heterocycles. The normalized spacial score (nSPS) is 16.6. The highest BCUT2D eigenvalue weighted by atomic mass is 35.5. The lowest BCUT2D eigenvalue weighted by atomic mass is 10.0. The molecule has 0 bridgehead atoms. The Morgan fingerprint density at radius 1 is 0.933 bits per heavy atom. The average molecular weight is 461 g/mol. The van der Waals surface area contributed by atoms with Gasteiger partial charge in [0.15, 0.2) is 0 Å². The van der Waals surface area contributed by atoms with Crippen LogP contribution in [0.4, 0.5) is 5.69 Å². The van der Waals surface area contributed by atoms with E-state index in [9.17, 15) is 4.79 Å². The zero-order chi connectivity index (χ0) is 21.1. The van der Waals surface area contributed by atoms with Crippen molar-refractivity contribution < 1.29 is 4.79 Å². The van der Waals surface area contributed by atoms with Gasteiger partial charge < -0.3 is 9.80 Å². The van der Waals surface area contributed by atoms with Gasteiger partial charge in [0, 0.05) is 42.1 Å². The molecule has 0 spiro atoms. The first kappa shape index (κ1) is 21.0. The Hall–Kier alpha value is -2.27. The fourth-order valence-corrected chi connectivity index (χ4v) is 4.41. The number of halogens is 3. The fourth-order valence-electron chi connectivity index (χ4n) is 3.77. The Balaban J connectivity index is 1.61. The van der Waals surface area contributed by atoms with Crippen LogP contribution >= 0.6 is 34.8 Å². The van der Waals surface area contributed by atoms with Crippen LogP contribution < -0.4 is 4.90 Å². The third-order valence-corrected chi connectivity index (χ3v) is 6.10. The number of hydrogen-bond donors (Lipinski definition) is 0. The summed E-state index contributed by atoms with van der Waals surface area (Å²) in [5.74, 6) is 0.0991. The van der Waals surface area contributed by atoms with Gasteiger partial charge in [0.1, 0.15) is 0 Å². The van der Waals surface area contributed by atoms with E-state index in [-0.39, 0.29) is 11.9 Å². The summed E-state index contributed by atoms with van der Waals surface area (Å²) in [6.45, 7) is 1.84. The zero-order valence-electron chi connectivity index (χ0n) is 16.1. The van der Waals surface area contributed by atoms with E-state index in [0.717, 1.165) is 16.8 Å². The molecular formula is C23H20Cl3N3O. The predicted octanol–water partition coefficient (Wildman–Crippen LogP) is 5.67. The van der Waals surface area contributed by atoms with Gasteiger partial charge in [-0.15, -0.1) is 0 Å². The largest absolute Gasteiger partial charge is 0.360 e. The molecule has 1 saturated heterocycles. The first-order valence-corrected chi connectivity index (χ1v) is 10.8. The molecule has 7 heteroatoms. The topological polar surface area (TPSA) is 36.4 Å². The molecule has 4 rings (SSSR count). The molecule has 2 aromatic carbocycles. The minimum atomic E-state index is -0.0453. The molecule has 1 amide bonds. The van der Waals surface area contributed by atoms with E-state index in [4.69, 9.17) is 34.8 Å². The third-order valence-electron chi connectivity index (χ3n) is 5.31. The van der Waals surface area contributed by atoms with E-state index in [1.807, 2.05) is 53.4 Å². The first-order chi connectivity index (χ1) is 14.5. The molecule has 30 heavy (non-hydrogen) atoms. The van der Waals surface area contributed by atoms with Gasteiger partial charge in [-0.2, -0.15) is 0 Å². The van der Waals surface area contributed by atoms with Crippen LogP contribution in [0.3, 0.4) is 0 Å². The van der Waals surface area contributed by atoms with Gasteiger partial charge in [-0.25, -0.2) is 0 Å². The lowest BCUT2D eigenvalue weighted by molar-refractivity contribution is -0.131. The van der Waals surface area contributed by atoms with E-state index < -0.39 is 0 Å². The highest BCUT2D eigenvalue weighted by Crippen LogP contribution is 2.36. The second-order valence-corrected chi connectivity index (χ2v) is 8.51. The number of hydrogen-bond acceptors (Lipinski definition) is 3. The third kappa shape index (κ3) is 4.72. The van der Waals surface area contributed by atoms with Crippen LogP contribution in [0.1, 0.15) is 17.2 Å². The Morgan fingerprint density at radius 2 is 1.63 bits per heavy atom. The molecule has 1 aliphatic rings. The van der Waals surface area contributed by atoms with Crippen molar-refractivity contribution in [2.75, 3.05) is 24.5 Å². The van der Waals surface area contributed by atoms with E-state index in [1.165, 1.54) is 0 Å². The van der Waals surface area contributed by atoms with Crippen molar-refractivity contribution in [1.82, 2.24) is 9.88 Å². The van der Waals surface area contributed by atoms with Crippen LogP contribution in [0.5, 0.6) is 0 Å². The summed E-state index contributed by atoms with van der Waals surface area (Å²) >= 11 is 18.7. The smallest absolute Gasteiger partial charge is 0.227 e. The molecule has 0 radical (unpaired) electrons. The number of carbonyl (C=O) groups excluding carboxylic acids is 1. The lowest BCUT2D eigenvalue weighted by Gasteiger charge is -2.43. The first-order valence-electron chi connectivity index (χ1n) is 9.65. The van der Waals surface area contributed by atoms with Crippen molar-refractivity contribution in [2.45, 2.75) is 12.5 Å². The Labute approximate surface area is 191 Å². The number of rotatable bonds is 4. The van der Waals surface area contributed by atoms with E-state index in [1.54, 1.807) is 18.5 Å². The molecule has 0 saturated carbocycles. The molecular weight excluding hydrogens is 441 g/mol. The summed E-state index contributed by atoms with van der Waals surface area (Å²) < 4.78 is 0. The van der Waals surface area contributed by atoms with E-state index in [0.29, 0.717) is 41.1 Å².